The summed E-state index contributed by atoms with van der Waals surface area (Å²) < 4.78 is 2.08. The third kappa shape index (κ3) is 4.93. The van der Waals surface area contributed by atoms with Gasteiger partial charge in [0.2, 0.25) is 5.91 Å². The monoisotopic (exact) mass is 482 g/mol. The van der Waals surface area contributed by atoms with Crippen LogP contribution in [0.2, 0.25) is 0 Å². The fourth-order valence-corrected chi connectivity index (χ4v) is 4.71. The highest BCUT2D eigenvalue weighted by molar-refractivity contribution is 7.80. The molecule has 1 aromatic carbocycles. The second-order valence-corrected chi connectivity index (χ2v) is 8.87. The number of nitrogens with one attached hydrogen (secondary N) is 2. The summed E-state index contributed by atoms with van der Waals surface area (Å²) in [6.45, 7) is 2.48. The zero-order valence-corrected chi connectivity index (χ0v) is 20.2. The lowest BCUT2D eigenvalue weighted by atomic mass is 10.0. The third-order valence-electron chi connectivity index (χ3n) is 6.06. The summed E-state index contributed by atoms with van der Waals surface area (Å²) in [7, 11) is 0. The average Bonchev–Trinajstić information content (AvgIpc) is 3.48. The maximum absolute atomic E-state index is 12.7. The fourth-order valence-electron chi connectivity index (χ4n) is 4.38. The van der Waals surface area contributed by atoms with Crippen molar-refractivity contribution in [2.45, 2.75) is 25.4 Å². The summed E-state index contributed by atoms with van der Waals surface area (Å²) in [6.07, 6.45) is 5.95. The van der Waals surface area contributed by atoms with Crippen LogP contribution in [0.5, 0.6) is 0 Å². The van der Waals surface area contributed by atoms with Crippen molar-refractivity contribution < 1.29 is 4.79 Å². The van der Waals surface area contributed by atoms with Crippen LogP contribution >= 0.6 is 12.2 Å². The predicted octanol–water partition coefficient (Wildman–Crippen LogP) is 4.58. The number of carbonyl (C=O) groups excluding carboxylic acids is 1. The number of aryl methyl sites for hydroxylation is 1. The molecular formula is C27H26N6OS. The van der Waals surface area contributed by atoms with E-state index in [4.69, 9.17) is 12.2 Å². The summed E-state index contributed by atoms with van der Waals surface area (Å²) in [4.78, 5) is 24.0. The fraction of sp³-hybridized carbons (Fsp3) is 0.185. The van der Waals surface area contributed by atoms with E-state index in [0.717, 1.165) is 28.5 Å². The Balaban J connectivity index is 1.45. The smallest absolute Gasteiger partial charge is 0.226 e. The van der Waals surface area contributed by atoms with E-state index in [1.54, 1.807) is 6.20 Å². The van der Waals surface area contributed by atoms with Gasteiger partial charge in [0, 0.05) is 42.9 Å². The number of amides is 1. The molecule has 1 aliphatic rings. The Kier molecular flexibility index (Phi) is 6.54. The molecule has 1 saturated heterocycles. The Labute approximate surface area is 209 Å². The maximum Gasteiger partial charge on any atom is 0.226 e. The van der Waals surface area contributed by atoms with E-state index >= 15 is 0 Å². The number of carbonyl (C=O) groups is 1. The van der Waals surface area contributed by atoms with Crippen molar-refractivity contribution >= 4 is 28.9 Å². The van der Waals surface area contributed by atoms with E-state index in [2.05, 4.69) is 36.1 Å². The molecule has 0 aliphatic carbocycles. The van der Waals surface area contributed by atoms with Gasteiger partial charge >= 0.3 is 0 Å². The van der Waals surface area contributed by atoms with E-state index in [9.17, 15) is 4.79 Å². The minimum atomic E-state index is -0.167. The molecule has 2 N–H and O–H groups in total. The highest BCUT2D eigenvalue weighted by Gasteiger charge is 2.41. The first kappa shape index (κ1) is 22.7. The van der Waals surface area contributed by atoms with E-state index in [-0.39, 0.29) is 18.0 Å². The van der Waals surface area contributed by atoms with Gasteiger partial charge in [-0.25, -0.2) is 4.98 Å². The number of hydrogen-bond acceptors (Lipinski definition) is 4. The van der Waals surface area contributed by atoms with Crippen LogP contribution in [0.3, 0.4) is 0 Å². The number of hydrogen-bond donors (Lipinski definition) is 2. The van der Waals surface area contributed by atoms with E-state index in [1.165, 1.54) is 0 Å². The Bertz CT molecular complexity index is 1310. The Morgan fingerprint density at radius 3 is 2.60 bits per heavy atom. The second kappa shape index (κ2) is 10.1. The van der Waals surface area contributed by atoms with Gasteiger partial charge in [-0.2, -0.15) is 0 Å². The molecule has 2 atom stereocenters. The van der Waals surface area contributed by atoms with Gasteiger partial charge in [0.1, 0.15) is 5.82 Å². The Morgan fingerprint density at radius 2 is 1.86 bits per heavy atom. The molecule has 0 saturated carbocycles. The standard InChI is InChI=1S/C27H26N6OS/c1-19-12-13-23(29-18-19)32-16-7-11-22(32)26-25(21-10-5-6-15-28-21)31-27(35)33(26)17-14-24(34)30-20-8-3-2-4-9-20/h2-13,15-16,18,25-26H,14,17H2,1H3,(H,30,34)(H,31,35). The first-order valence-electron chi connectivity index (χ1n) is 11.5. The summed E-state index contributed by atoms with van der Waals surface area (Å²) in [5, 5.41) is 7.01. The highest BCUT2D eigenvalue weighted by Crippen LogP contribution is 2.39. The number of rotatable bonds is 7. The summed E-state index contributed by atoms with van der Waals surface area (Å²) in [6, 6.07) is 23.1. The van der Waals surface area contributed by atoms with Crippen molar-refractivity contribution in [2.24, 2.45) is 0 Å². The van der Waals surface area contributed by atoms with Gasteiger partial charge in [0.05, 0.1) is 17.8 Å². The van der Waals surface area contributed by atoms with E-state index in [0.29, 0.717) is 18.1 Å². The van der Waals surface area contributed by atoms with Crippen LogP contribution in [0.15, 0.2) is 91.4 Å². The molecule has 0 spiro atoms. The van der Waals surface area contributed by atoms with E-state index in [1.807, 2.05) is 86.0 Å². The largest absolute Gasteiger partial charge is 0.352 e. The number of nitrogens with zero attached hydrogens (tertiary/aromatic N) is 4. The molecular weight excluding hydrogens is 456 g/mol. The first-order chi connectivity index (χ1) is 17.1. The van der Waals surface area contributed by atoms with Crippen LogP contribution in [0.4, 0.5) is 5.69 Å². The number of anilines is 1. The number of thiocarbonyl (C=S) groups is 1. The third-order valence-corrected chi connectivity index (χ3v) is 6.41. The van der Waals surface area contributed by atoms with Gasteiger partial charge in [-0.3, -0.25) is 9.78 Å². The lowest BCUT2D eigenvalue weighted by Crippen LogP contribution is -2.33. The quantitative estimate of drug-likeness (QED) is 0.376. The molecule has 4 aromatic rings. The minimum absolute atomic E-state index is 0.0605. The van der Waals surface area contributed by atoms with E-state index < -0.39 is 0 Å². The predicted molar refractivity (Wildman–Crippen MR) is 140 cm³/mol. The molecule has 5 rings (SSSR count). The van der Waals surface area contributed by atoms with Crippen LogP contribution in [0, 0.1) is 6.92 Å². The first-order valence-corrected chi connectivity index (χ1v) is 11.9. The zero-order chi connectivity index (χ0) is 24.2. The summed E-state index contributed by atoms with van der Waals surface area (Å²) in [5.41, 5.74) is 3.79. The van der Waals surface area contributed by atoms with Gasteiger partial charge in [-0.15, -0.1) is 0 Å². The molecule has 2 unspecified atom stereocenters. The maximum atomic E-state index is 12.7. The second-order valence-electron chi connectivity index (χ2n) is 8.48. The van der Waals surface area contributed by atoms with Crippen LogP contribution in [-0.2, 0) is 4.79 Å². The SMILES string of the molecule is Cc1ccc(-n2cccc2C2C(c3ccccn3)NC(=S)N2CCC(=O)Nc2ccccc2)nc1. The molecule has 0 bridgehead atoms. The minimum Gasteiger partial charge on any atom is -0.352 e. The van der Waals surface area contributed by atoms with Crippen molar-refractivity contribution in [1.29, 1.82) is 0 Å². The lowest BCUT2D eigenvalue weighted by Gasteiger charge is -2.28. The number of pyridine rings is 2. The summed E-state index contributed by atoms with van der Waals surface area (Å²) in [5.74, 6) is 0.768. The Morgan fingerprint density at radius 1 is 1.03 bits per heavy atom. The van der Waals surface area contributed by atoms with Gasteiger partial charge in [0.25, 0.3) is 0 Å². The van der Waals surface area contributed by atoms with Crippen molar-refractivity contribution in [2.75, 3.05) is 11.9 Å². The van der Waals surface area contributed by atoms with Crippen molar-refractivity contribution in [3.63, 3.8) is 0 Å². The van der Waals surface area contributed by atoms with Crippen LogP contribution in [0.1, 0.15) is 35.5 Å². The van der Waals surface area contributed by atoms with Crippen molar-refractivity contribution in [3.05, 3.63) is 108 Å². The normalized spacial score (nSPS) is 17.3. The van der Waals surface area contributed by atoms with Gasteiger partial charge in [-0.1, -0.05) is 30.3 Å². The number of para-hydroxylation sites is 1. The molecule has 1 aliphatic heterocycles. The van der Waals surface area contributed by atoms with Crippen LogP contribution in [0.25, 0.3) is 5.82 Å². The molecule has 7 nitrogen and oxygen atoms in total. The topological polar surface area (TPSA) is 75.1 Å². The molecule has 1 amide bonds. The molecule has 35 heavy (non-hydrogen) atoms. The highest BCUT2D eigenvalue weighted by atomic mass is 32.1. The molecule has 176 valence electrons. The number of benzene rings is 1. The van der Waals surface area contributed by atoms with Gasteiger partial charge in [0.15, 0.2) is 5.11 Å². The molecule has 0 radical (unpaired) electrons. The van der Waals surface area contributed by atoms with Crippen molar-refractivity contribution in [1.82, 2.24) is 24.8 Å². The van der Waals surface area contributed by atoms with Crippen LogP contribution in [-0.4, -0.2) is 37.0 Å². The van der Waals surface area contributed by atoms with Crippen LogP contribution < -0.4 is 10.6 Å². The average molecular weight is 483 g/mol. The molecule has 8 heteroatoms. The number of aromatic nitrogens is 3. The van der Waals surface area contributed by atoms with Crippen molar-refractivity contribution in [3.8, 4) is 5.82 Å². The van der Waals surface area contributed by atoms with Gasteiger partial charge in [-0.05, 0) is 67.2 Å². The zero-order valence-electron chi connectivity index (χ0n) is 19.3. The lowest BCUT2D eigenvalue weighted by molar-refractivity contribution is -0.116. The summed E-state index contributed by atoms with van der Waals surface area (Å²) >= 11 is 5.76. The Hall–Kier alpha value is -4.04. The molecule has 1 fully saturated rings. The molecule has 4 heterocycles. The molecule has 3 aromatic heterocycles. The van der Waals surface area contributed by atoms with Gasteiger partial charge < -0.3 is 20.1 Å².